The number of halogens is 1. The van der Waals surface area contributed by atoms with Crippen LogP contribution in [0, 0.1) is 6.07 Å². The number of nitrogens with two attached hydrogens (primary N) is 1. The van der Waals surface area contributed by atoms with Gasteiger partial charge in [0.05, 0.1) is 0 Å². The molecule has 1 radical (unpaired) electrons. The van der Waals surface area contributed by atoms with E-state index in [0.717, 1.165) is 0 Å². The first kappa shape index (κ1) is 5.45. The van der Waals surface area contributed by atoms with Crippen LogP contribution in [0.5, 0.6) is 0 Å². The normalized spacial score (nSPS) is 9.12. The summed E-state index contributed by atoms with van der Waals surface area (Å²) in [6.07, 6.45) is 0. The van der Waals surface area contributed by atoms with Crippen LogP contribution in [0.15, 0.2) is 18.2 Å². The first-order chi connectivity index (χ1) is 3.79. The Labute approximate surface area is 53.1 Å². The van der Waals surface area contributed by atoms with E-state index in [4.69, 9.17) is 17.3 Å². The minimum Gasteiger partial charge on any atom is -0.399 e. The van der Waals surface area contributed by atoms with Crippen molar-refractivity contribution in [2.24, 2.45) is 0 Å². The minimum absolute atomic E-state index is 0.596. The summed E-state index contributed by atoms with van der Waals surface area (Å²) in [5.74, 6) is 0. The summed E-state index contributed by atoms with van der Waals surface area (Å²) in [6.45, 7) is 0. The molecule has 0 fully saturated rings. The molecule has 1 aromatic carbocycles. The van der Waals surface area contributed by atoms with Crippen molar-refractivity contribution in [3.63, 3.8) is 0 Å². The number of hydrogen-bond acceptors (Lipinski definition) is 1. The molecule has 1 nitrogen and oxygen atoms in total. The van der Waals surface area contributed by atoms with Crippen LogP contribution < -0.4 is 5.73 Å². The minimum atomic E-state index is 0.596. The van der Waals surface area contributed by atoms with Crippen molar-refractivity contribution >= 4 is 17.3 Å². The Hall–Kier alpha value is -0.690. The lowest BCUT2D eigenvalue weighted by molar-refractivity contribution is 1.67. The first-order valence-corrected chi connectivity index (χ1v) is 2.59. The maximum absolute atomic E-state index is 5.50. The van der Waals surface area contributed by atoms with Crippen LogP contribution in [-0.4, -0.2) is 0 Å². The third-order valence-electron chi connectivity index (χ3n) is 0.799. The van der Waals surface area contributed by atoms with Crippen molar-refractivity contribution in [2.75, 3.05) is 5.73 Å². The van der Waals surface area contributed by atoms with Gasteiger partial charge in [0.2, 0.25) is 0 Å². The van der Waals surface area contributed by atoms with Crippen LogP contribution in [-0.2, 0) is 0 Å². The van der Waals surface area contributed by atoms with Gasteiger partial charge >= 0.3 is 0 Å². The van der Waals surface area contributed by atoms with Gasteiger partial charge in [-0.25, -0.2) is 0 Å². The van der Waals surface area contributed by atoms with Gasteiger partial charge in [-0.1, -0.05) is 11.6 Å². The van der Waals surface area contributed by atoms with Crippen molar-refractivity contribution < 1.29 is 0 Å². The lowest BCUT2D eigenvalue weighted by Crippen LogP contribution is -1.80. The van der Waals surface area contributed by atoms with Gasteiger partial charge in [-0.05, 0) is 18.2 Å². The molecule has 0 amide bonds. The molecule has 0 aliphatic heterocycles. The van der Waals surface area contributed by atoms with Gasteiger partial charge in [0.15, 0.2) is 0 Å². The number of benzene rings is 1. The van der Waals surface area contributed by atoms with Gasteiger partial charge in [0.25, 0.3) is 0 Å². The topological polar surface area (TPSA) is 26.0 Å². The molecule has 0 heterocycles. The molecule has 0 bridgehead atoms. The number of hydrogen-bond donors (Lipinski definition) is 1. The quantitative estimate of drug-likeness (QED) is 0.527. The Morgan fingerprint density at radius 1 is 1.50 bits per heavy atom. The van der Waals surface area contributed by atoms with Crippen molar-refractivity contribution in [3.05, 3.63) is 29.3 Å². The van der Waals surface area contributed by atoms with Crippen molar-refractivity contribution in [2.45, 2.75) is 0 Å². The molecule has 8 heavy (non-hydrogen) atoms. The van der Waals surface area contributed by atoms with Crippen LogP contribution in [0.1, 0.15) is 0 Å². The fourth-order valence-corrected chi connectivity index (χ4v) is 0.535. The van der Waals surface area contributed by atoms with Crippen LogP contribution in [0.4, 0.5) is 5.69 Å². The second-order valence-corrected chi connectivity index (χ2v) is 1.88. The summed E-state index contributed by atoms with van der Waals surface area (Å²) in [5, 5.41) is 0.596. The zero-order valence-corrected chi connectivity index (χ0v) is 4.94. The Morgan fingerprint density at radius 2 is 2.25 bits per heavy atom. The molecule has 0 aliphatic rings. The van der Waals surface area contributed by atoms with Gasteiger partial charge in [-0.2, -0.15) is 0 Å². The predicted molar refractivity (Wildman–Crippen MR) is 34.7 cm³/mol. The fourth-order valence-electron chi connectivity index (χ4n) is 0.418. The van der Waals surface area contributed by atoms with Crippen molar-refractivity contribution in [1.29, 1.82) is 0 Å². The van der Waals surface area contributed by atoms with Gasteiger partial charge in [0.1, 0.15) is 0 Å². The zero-order chi connectivity index (χ0) is 5.98. The lowest BCUT2D eigenvalue weighted by atomic mass is 10.3. The second kappa shape index (κ2) is 2.05. The highest BCUT2D eigenvalue weighted by atomic mass is 35.5. The Balaban J connectivity index is 3.03. The standard InChI is InChI=1S/C6H5ClN/c7-5-1-3-6(8)4-2-5/h1,3-4H,8H2. The average molecular weight is 127 g/mol. The van der Waals surface area contributed by atoms with E-state index in [9.17, 15) is 0 Å². The first-order valence-electron chi connectivity index (χ1n) is 2.22. The van der Waals surface area contributed by atoms with Crippen molar-refractivity contribution in [1.82, 2.24) is 0 Å². The summed E-state index contributed by atoms with van der Waals surface area (Å²) in [7, 11) is 0. The highest BCUT2D eigenvalue weighted by Gasteiger charge is 1.83. The van der Waals surface area contributed by atoms with Crippen molar-refractivity contribution in [3.8, 4) is 0 Å². The number of rotatable bonds is 0. The van der Waals surface area contributed by atoms with Gasteiger partial charge in [0, 0.05) is 16.8 Å². The molecular weight excluding hydrogens is 122 g/mol. The molecule has 0 saturated heterocycles. The maximum Gasteiger partial charge on any atom is 0.0486 e. The SMILES string of the molecule is Nc1c[c]c(Cl)cc1. The van der Waals surface area contributed by atoms with E-state index in [2.05, 4.69) is 6.07 Å². The van der Waals surface area contributed by atoms with Crippen LogP contribution in [0.25, 0.3) is 0 Å². The smallest absolute Gasteiger partial charge is 0.0486 e. The highest BCUT2D eigenvalue weighted by Crippen LogP contribution is 2.08. The number of anilines is 1. The molecule has 0 saturated carbocycles. The van der Waals surface area contributed by atoms with E-state index < -0.39 is 0 Å². The highest BCUT2D eigenvalue weighted by molar-refractivity contribution is 6.30. The lowest BCUT2D eigenvalue weighted by Gasteiger charge is -1.87. The molecule has 41 valence electrons. The van der Waals surface area contributed by atoms with E-state index in [1.165, 1.54) is 0 Å². The molecule has 0 atom stereocenters. The number of nitrogen functional groups attached to an aromatic ring is 1. The van der Waals surface area contributed by atoms with Crippen LogP contribution in [0.2, 0.25) is 5.02 Å². The Morgan fingerprint density at radius 3 is 2.62 bits per heavy atom. The second-order valence-electron chi connectivity index (χ2n) is 1.47. The summed E-state index contributed by atoms with van der Waals surface area (Å²) in [6, 6.07) is 7.82. The van der Waals surface area contributed by atoms with Crippen LogP contribution >= 0.6 is 11.6 Å². The Bertz CT molecular complexity index is 147. The van der Waals surface area contributed by atoms with E-state index in [0.29, 0.717) is 10.7 Å². The molecule has 1 aromatic rings. The molecule has 2 N–H and O–H groups in total. The predicted octanol–water partition coefficient (Wildman–Crippen LogP) is 1.72. The monoisotopic (exact) mass is 126 g/mol. The molecule has 0 aromatic heterocycles. The van der Waals surface area contributed by atoms with E-state index in [1.54, 1.807) is 18.2 Å². The summed E-state index contributed by atoms with van der Waals surface area (Å²) >= 11 is 5.50. The maximum atomic E-state index is 5.50. The molecule has 0 spiro atoms. The Kier molecular flexibility index (Phi) is 1.40. The molecule has 0 aliphatic carbocycles. The summed E-state index contributed by atoms with van der Waals surface area (Å²) in [5.41, 5.74) is 6.03. The van der Waals surface area contributed by atoms with Gasteiger partial charge < -0.3 is 5.73 Å². The van der Waals surface area contributed by atoms with E-state index in [1.807, 2.05) is 0 Å². The third kappa shape index (κ3) is 1.14. The third-order valence-corrected chi connectivity index (χ3v) is 1.03. The van der Waals surface area contributed by atoms with Gasteiger partial charge in [-0.15, -0.1) is 0 Å². The zero-order valence-electron chi connectivity index (χ0n) is 4.19. The largest absolute Gasteiger partial charge is 0.399 e. The fraction of sp³-hybridized carbons (Fsp3) is 0. The molecule has 2 heteroatoms. The molecular formula is C6H5ClN. The average Bonchev–Trinajstić information content (AvgIpc) is 1.77. The van der Waals surface area contributed by atoms with E-state index in [-0.39, 0.29) is 0 Å². The molecule has 0 unspecified atom stereocenters. The summed E-state index contributed by atoms with van der Waals surface area (Å²) in [4.78, 5) is 0. The summed E-state index contributed by atoms with van der Waals surface area (Å²) < 4.78 is 0. The van der Waals surface area contributed by atoms with Crippen LogP contribution in [0.3, 0.4) is 0 Å². The van der Waals surface area contributed by atoms with Gasteiger partial charge in [-0.3, -0.25) is 0 Å². The molecule has 1 rings (SSSR count). The van der Waals surface area contributed by atoms with E-state index >= 15 is 0 Å².